The summed E-state index contributed by atoms with van der Waals surface area (Å²) in [6.07, 6.45) is 3.43. The third-order valence-electron chi connectivity index (χ3n) is 5.76. The molecule has 0 radical (unpaired) electrons. The van der Waals surface area contributed by atoms with Crippen LogP contribution in [0.15, 0.2) is 24.3 Å². The van der Waals surface area contributed by atoms with Gasteiger partial charge in [0.2, 0.25) is 5.91 Å². The predicted molar refractivity (Wildman–Crippen MR) is 100.0 cm³/mol. The first kappa shape index (κ1) is 16.6. The maximum atomic E-state index is 13.0. The molecule has 1 amide bonds. The second-order valence-corrected chi connectivity index (χ2v) is 7.70. The number of nitrogens with two attached hydrogens (primary N) is 1. The van der Waals surface area contributed by atoms with E-state index in [2.05, 4.69) is 54.2 Å². The minimum Gasteiger partial charge on any atom is -0.384 e. The van der Waals surface area contributed by atoms with Crippen molar-refractivity contribution < 1.29 is 10.1 Å². The molecular weight excluding hydrogens is 312 g/mol. The summed E-state index contributed by atoms with van der Waals surface area (Å²) in [7, 11) is 0. The standard InChI is InChI=1S/C20H28N4O/c1-4-23-24(12(2)3)20(25)14-8-16-15-6-5-7-17-19(15)13(10-21-17)9-18(16)22-11-14/h5-8,12-14,18,21-23H,4,9-11H2,1-3H3/p+1/t13?,14-,18-/m1/s1. The Hall–Kier alpha value is -1.85. The van der Waals surface area contributed by atoms with E-state index in [1.165, 1.54) is 28.8 Å². The number of hydrazine groups is 1. The Bertz CT molecular complexity index is 712. The fourth-order valence-corrected chi connectivity index (χ4v) is 4.65. The van der Waals surface area contributed by atoms with E-state index in [0.717, 1.165) is 19.6 Å². The highest BCUT2D eigenvalue weighted by atomic mass is 16.2. The van der Waals surface area contributed by atoms with Crippen molar-refractivity contribution in [2.75, 3.05) is 25.0 Å². The van der Waals surface area contributed by atoms with Crippen molar-refractivity contribution >= 4 is 17.2 Å². The summed E-state index contributed by atoms with van der Waals surface area (Å²) in [5.74, 6) is 0.743. The van der Waals surface area contributed by atoms with Crippen molar-refractivity contribution in [3.05, 3.63) is 35.4 Å². The van der Waals surface area contributed by atoms with Crippen LogP contribution in [0.5, 0.6) is 0 Å². The smallest absolute Gasteiger partial charge is 0.249 e. The van der Waals surface area contributed by atoms with E-state index in [0.29, 0.717) is 12.0 Å². The molecule has 1 aromatic carbocycles. The van der Waals surface area contributed by atoms with E-state index in [9.17, 15) is 4.79 Å². The topological polar surface area (TPSA) is 61.0 Å². The van der Waals surface area contributed by atoms with Gasteiger partial charge in [0.25, 0.3) is 0 Å². The van der Waals surface area contributed by atoms with Crippen molar-refractivity contribution in [1.82, 2.24) is 10.4 Å². The Labute approximate surface area is 149 Å². The number of fused-ring (bicyclic) bond motifs is 2. The third-order valence-corrected chi connectivity index (χ3v) is 5.76. The summed E-state index contributed by atoms with van der Waals surface area (Å²) in [6, 6.07) is 7.20. The fraction of sp³-hybridized carbons (Fsp3) is 0.550. The molecule has 0 spiro atoms. The van der Waals surface area contributed by atoms with Gasteiger partial charge < -0.3 is 10.6 Å². The lowest BCUT2D eigenvalue weighted by atomic mass is 9.75. The van der Waals surface area contributed by atoms with Crippen LogP contribution >= 0.6 is 0 Å². The van der Waals surface area contributed by atoms with Crippen LogP contribution in [0.3, 0.4) is 0 Å². The van der Waals surface area contributed by atoms with Gasteiger partial charge in [-0.15, -0.1) is 0 Å². The molecule has 25 heavy (non-hydrogen) atoms. The number of hydrogen-bond donors (Lipinski definition) is 3. The summed E-state index contributed by atoms with van der Waals surface area (Å²) in [5, 5.41) is 7.74. The van der Waals surface area contributed by atoms with Crippen molar-refractivity contribution in [2.45, 2.75) is 45.2 Å². The Kier molecular flexibility index (Phi) is 4.29. The third kappa shape index (κ3) is 2.75. The molecule has 1 aliphatic carbocycles. The number of benzene rings is 1. The number of rotatable bonds is 4. The Morgan fingerprint density at radius 1 is 1.44 bits per heavy atom. The van der Waals surface area contributed by atoms with E-state index in [1.807, 2.05) is 6.92 Å². The number of nitrogens with one attached hydrogen (secondary N) is 2. The number of carbonyl (C=O) groups is 1. The molecule has 0 aromatic heterocycles. The van der Waals surface area contributed by atoms with Crippen molar-refractivity contribution in [3.63, 3.8) is 0 Å². The Morgan fingerprint density at radius 3 is 3.04 bits per heavy atom. The maximum absolute atomic E-state index is 13.0. The maximum Gasteiger partial charge on any atom is 0.249 e. The van der Waals surface area contributed by atoms with Gasteiger partial charge in [-0.3, -0.25) is 9.80 Å². The van der Waals surface area contributed by atoms with Gasteiger partial charge in [0.05, 0.1) is 6.54 Å². The highest BCUT2D eigenvalue weighted by molar-refractivity contribution is 5.86. The van der Waals surface area contributed by atoms with Gasteiger partial charge >= 0.3 is 0 Å². The van der Waals surface area contributed by atoms with Crippen molar-refractivity contribution in [1.29, 1.82) is 0 Å². The highest BCUT2D eigenvalue weighted by Crippen LogP contribution is 2.45. The van der Waals surface area contributed by atoms with E-state index >= 15 is 0 Å². The molecule has 4 N–H and O–H groups in total. The summed E-state index contributed by atoms with van der Waals surface area (Å²) in [5.41, 5.74) is 8.70. The van der Waals surface area contributed by atoms with Gasteiger partial charge in [-0.2, -0.15) is 0 Å². The molecule has 0 bridgehead atoms. The first-order valence-corrected chi connectivity index (χ1v) is 9.59. The molecule has 0 saturated heterocycles. The number of amides is 1. The van der Waals surface area contributed by atoms with Crippen molar-refractivity contribution in [3.8, 4) is 0 Å². The monoisotopic (exact) mass is 341 g/mol. The number of quaternary nitrogens is 1. The van der Waals surface area contributed by atoms with Gasteiger partial charge in [-0.1, -0.05) is 25.1 Å². The van der Waals surface area contributed by atoms with Gasteiger partial charge in [0, 0.05) is 42.7 Å². The molecule has 1 aromatic rings. The number of hydrogen-bond acceptors (Lipinski definition) is 3. The SMILES string of the molecule is CCNN(C(=O)[C@@H]1C=C2c3cccc4c3C(CN4)C[C@H]2[NH2+]C1)C(C)C. The second kappa shape index (κ2) is 6.46. The zero-order valence-corrected chi connectivity index (χ0v) is 15.4. The summed E-state index contributed by atoms with van der Waals surface area (Å²) in [4.78, 5) is 13.0. The van der Waals surface area contributed by atoms with Crippen LogP contribution in [0, 0.1) is 5.92 Å². The molecule has 0 saturated carbocycles. The molecule has 0 fully saturated rings. The lowest BCUT2D eigenvalue weighted by Crippen LogP contribution is -2.93. The highest BCUT2D eigenvalue weighted by Gasteiger charge is 2.41. The Morgan fingerprint density at radius 2 is 2.28 bits per heavy atom. The lowest BCUT2D eigenvalue weighted by Gasteiger charge is -2.36. The fourth-order valence-electron chi connectivity index (χ4n) is 4.65. The molecule has 3 aliphatic rings. The molecule has 134 valence electrons. The van der Waals surface area contributed by atoms with Gasteiger partial charge in [0.15, 0.2) is 0 Å². The number of nitrogens with zero attached hydrogens (tertiary/aromatic N) is 1. The van der Waals surface area contributed by atoms with Gasteiger partial charge in [0.1, 0.15) is 12.0 Å². The van der Waals surface area contributed by atoms with Gasteiger partial charge in [-0.05, 0) is 31.0 Å². The van der Waals surface area contributed by atoms with E-state index in [4.69, 9.17) is 0 Å². The molecule has 4 rings (SSSR count). The second-order valence-electron chi connectivity index (χ2n) is 7.70. The van der Waals surface area contributed by atoms with Crippen LogP contribution in [0.25, 0.3) is 5.57 Å². The first-order chi connectivity index (χ1) is 12.1. The van der Waals surface area contributed by atoms with Crippen LogP contribution < -0.4 is 16.1 Å². The Balaban J connectivity index is 1.67. The molecule has 5 nitrogen and oxygen atoms in total. The summed E-state index contributed by atoms with van der Waals surface area (Å²) >= 11 is 0. The molecule has 1 unspecified atom stereocenters. The summed E-state index contributed by atoms with van der Waals surface area (Å²) < 4.78 is 0. The molecular formula is C20H29N4O+. The first-order valence-electron chi connectivity index (χ1n) is 9.59. The van der Waals surface area contributed by atoms with Crippen LogP contribution in [0.1, 0.15) is 44.2 Å². The van der Waals surface area contributed by atoms with Crippen LogP contribution in [-0.2, 0) is 4.79 Å². The average molecular weight is 341 g/mol. The minimum atomic E-state index is -0.0607. The zero-order chi connectivity index (χ0) is 17.6. The van der Waals surface area contributed by atoms with Crippen LogP contribution in [0.4, 0.5) is 5.69 Å². The normalized spacial score (nSPS) is 26.6. The van der Waals surface area contributed by atoms with E-state index in [1.54, 1.807) is 5.01 Å². The molecule has 3 atom stereocenters. The predicted octanol–water partition coefficient (Wildman–Crippen LogP) is 1.31. The van der Waals surface area contributed by atoms with E-state index in [-0.39, 0.29) is 17.9 Å². The molecule has 2 heterocycles. The minimum absolute atomic E-state index is 0.0607. The number of carbonyl (C=O) groups excluding carboxylic acids is 1. The van der Waals surface area contributed by atoms with Crippen LogP contribution in [0.2, 0.25) is 0 Å². The summed E-state index contributed by atoms with van der Waals surface area (Å²) in [6.45, 7) is 8.81. The largest absolute Gasteiger partial charge is 0.384 e. The zero-order valence-electron chi connectivity index (χ0n) is 15.4. The molecule has 5 heteroatoms. The van der Waals surface area contributed by atoms with Gasteiger partial charge in [-0.25, -0.2) is 5.43 Å². The van der Waals surface area contributed by atoms with Crippen molar-refractivity contribution in [2.24, 2.45) is 5.92 Å². The van der Waals surface area contributed by atoms with E-state index < -0.39 is 0 Å². The quantitative estimate of drug-likeness (QED) is 0.724. The number of anilines is 1. The average Bonchev–Trinajstić information content (AvgIpc) is 3.03. The lowest BCUT2D eigenvalue weighted by molar-refractivity contribution is -0.682. The molecule has 2 aliphatic heterocycles. The van der Waals surface area contributed by atoms with Crippen LogP contribution in [-0.4, -0.2) is 42.6 Å².